The molecule has 2 aliphatic carbocycles. The van der Waals surface area contributed by atoms with Gasteiger partial charge in [-0.15, -0.1) is 0 Å². The van der Waals surface area contributed by atoms with Crippen LogP contribution >= 0.6 is 23.2 Å². The van der Waals surface area contributed by atoms with E-state index in [2.05, 4.69) is 27.4 Å². The van der Waals surface area contributed by atoms with E-state index < -0.39 is 5.97 Å². The fraction of sp³-hybridized carbons (Fsp3) is 0.350. The van der Waals surface area contributed by atoms with E-state index in [-0.39, 0.29) is 16.3 Å². The maximum Gasteiger partial charge on any atom is 0.358 e. The van der Waals surface area contributed by atoms with Gasteiger partial charge in [0.25, 0.3) is 0 Å². The molecule has 1 aromatic carbocycles. The summed E-state index contributed by atoms with van der Waals surface area (Å²) >= 11 is 12.4. The highest BCUT2D eigenvalue weighted by molar-refractivity contribution is 6.35. The number of nitrogens with zero attached hydrogens (tertiary/aromatic N) is 2. The van der Waals surface area contributed by atoms with Crippen molar-refractivity contribution in [2.24, 2.45) is 0 Å². The predicted molar refractivity (Wildman–Crippen MR) is 106 cm³/mol. The Labute approximate surface area is 167 Å². The zero-order chi connectivity index (χ0) is 19.0. The molecule has 7 heteroatoms. The molecule has 1 heterocycles. The molecule has 0 amide bonds. The first-order chi connectivity index (χ1) is 13.0. The fourth-order valence-corrected chi connectivity index (χ4v) is 3.17. The number of nitrogens with one attached hydrogen (secondary N) is 1. The molecule has 4 rings (SSSR count). The number of hydrogen-bond acceptors (Lipinski definition) is 5. The van der Waals surface area contributed by atoms with Crippen molar-refractivity contribution in [2.45, 2.75) is 37.1 Å². The molecule has 2 saturated carbocycles. The molecule has 27 heavy (non-hydrogen) atoms. The maximum absolute atomic E-state index is 12.1. The number of rotatable bonds is 6. The summed E-state index contributed by atoms with van der Waals surface area (Å²) in [6.07, 6.45) is 8.15. The predicted octanol–water partition coefficient (Wildman–Crippen LogP) is 5.11. The standard InChI is InChI=1S/C20H19Cl2N3O2/c1-27-19(26)16-15(22)18(24-17(23-16)13-4-5-13)25-20(10-11-20)9-8-12-2-6-14(21)7-3-12/h2-3,6-9,13H,4-5,10-11H2,1H3,(H,23,24,25). The summed E-state index contributed by atoms with van der Waals surface area (Å²) in [7, 11) is 1.32. The molecule has 140 valence electrons. The van der Waals surface area contributed by atoms with Crippen molar-refractivity contribution in [3.8, 4) is 0 Å². The summed E-state index contributed by atoms with van der Waals surface area (Å²) < 4.78 is 4.82. The molecule has 0 saturated heterocycles. The largest absolute Gasteiger partial charge is 0.464 e. The van der Waals surface area contributed by atoms with Crippen molar-refractivity contribution in [3.05, 3.63) is 57.5 Å². The van der Waals surface area contributed by atoms with Gasteiger partial charge in [-0.25, -0.2) is 14.8 Å². The molecule has 0 aliphatic heterocycles. The van der Waals surface area contributed by atoms with Crippen molar-refractivity contribution in [1.82, 2.24) is 9.97 Å². The minimum atomic E-state index is -0.547. The van der Waals surface area contributed by atoms with Gasteiger partial charge < -0.3 is 10.1 Å². The number of carbonyl (C=O) groups is 1. The molecule has 1 aromatic heterocycles. The van der Waals surface area contributed by atoms with E-state index in [0.717, 1.165) is 31.2 Å². The number of hydrogen-bond donors (Lipinski definition) is 1. The van der Waals surface area contributed by atoms with Crippen LogP contribution in [0.5, 0.6) is 0 Å². The van der Waals surface area contributed by atoms with Gasteiger partial charge in [-0.3, -0.25) is 0 Å². The SMILES string of the molecule is COC(=O)c1nc(C2CC2)nc(NC2(C=Cc3ccc(Cl)cc3)CC2)c1Cl. The number of methoxy groups -OCH3 is 1. The summed E-state index contributed by atoms with van der Waals surface area (Å²) in [6, 6.07) is 7.65. The van der Waals surface area contributed by atoms with Crippen molar-refractivity contribution >= 4 is 41.1 Å². The van der Waals surface area contributed by atoms with Crippen LogP contribution in [0.25, 0.3) is 6.08 Å². The molecule has 5 nitrogen and oxygen atoms in total. The highest BCUT2D eigenvalue weighted by Crippen LogP contribution is 2.44. The van der Waals surface area contributed by atoms with Crippen LogP contribution in [0.4, 0.5) is 5.82 Å². The highest BCUT2D eigenvalue weighted by Gasteiger charge is 2.41. The average molecular weight is 404 g/mol. The van der Waals surface area contributed by atoms with Gasteiger partial charge >= 0.3 is 5.97 Å². The zero-order valence-electron chi connectivity index (χ0n) is 14.8. The van der Waals surface area contributed by atoms with E-state index >= 15 is 0 Å². The second-order valence-electron chi connectivity index (χ2n) is 7.02. The number of aromatic nitrogens is 2. The number of anilines is 1. The van der Waals surface area contributed by atoms with E-state index in [0.29, 0.717) is 22.6 Å². The highest BCUT2D eigenvalue weighted by atomic mass is 35.5. The second kappa shape index (κ2) is 7.13. The zero-order valence-corrected chi connectivity index (χ0v) is 16.3. The lowest BCUT2D eigenvalue weighted by atomic mass is 10.1. The average Bonchev–Trinajstić information content (AvgIpc) is 3.58. The maximum atomic E-state index is 12.1. The Morgan fingerprint density at radius 3 is 2.52 bits per heavy atom. The second-order valence-corrected chi connectivity index (χ2v) is 7.84. The summed E-state index contributed by atoms with van der Waals surface area (Å²) in [5, 5.41) is 4.33. The lowest BCUT2D eigenvalue weighted by Crippen LogP contribution is -2.21. The topological polar surface area (TPSA) is 64.1 Å². The third-order valence-electron chi connectivity index (χ3n) is 4.81. The summed E-state index contributed by atoms with van der Waals surface area (Å²) in [5.74, 6) is 0.895. The molecule has 0 unspecified atom stereocenters. The molecule has 0 spiro atoms. The van der Waals surface area contributed by atoms with Gasteiger partial charge in [0, 0.05) is 10.9 Å². The molecule has 1 N–H and O–H groups in total. The normalized spacial score (nSPS) is 17.7. The van der Waals surface area contributed by atoms with E-state index in [1.165, 1.54) is 7.11 Å². The number of esters is 1. The summed E-state index contributed by atoms with van der Waals surface area (Å²) in [4.78, 5) is 21.0. The number of halogens is 2. The van der Waals surface area contributed by atoms with Crippen LogP contribution in [-0.4, -0.2) is 28.6 Å². The van der Waals surface area contributed by atoms with E-state index in [1.807, 2.05) is 24.3 Å². The van der Waals surface area contributed by atoms with Gasteiger partial charge in [-0.1, -0.05) is 47.5 Å². The Morgan fingerprint density at radius 2 is 1.93 bits per heavy atom. The van der Waals surface area contributed by atoms with Crippen LogP contribution in [0.3, 0.4) is 0 Å². The number of benzene rings is 1. The van der Waals surface area contributed by atoms with Gasteiger partial charge in [-0.2, -0.15) is 0 Å². The van der Waals surface area contributed by atoms with Gasteiger partial charge in [0.15, 0.2) is 5.69 Å². The summed E-state index contributed by atoms with van der Waals surface area (Å²) in [6.45, 7) is 0. The van der Waals surface area contributed by atoms with Gasteiger partial charge in [0.2, 0.25) is 0 Å². The monoisotopic (exact) mass is 403 g/mol. The van der Waals surface area contributed by atoms with Crippen LogP contribution in [0, 0.1) is 0 Å². The lowest BCUT2D eigenvalue weighted by Gasteiger charge is -2.17. The Balaban J connectivity index is 1.60. The van der Waals surface area contributed by atoms with Crippen LogP contribution in [-0.2, 0) is 4.74 Å². The number of carbonyl (C=O) groups excluding carboxylic acids is 1. The van der Waals surface area contributed by atoms with Crippen molar-refractivity contribution in [2.75, 3.05) is 12.4 Å². The minimum absolute atomic E-state index is 0.121. The van der Waals surface area contributed by atoms with Gasteiger partial charge in [0.1, 0.15) is 16.7 Å². The molecule has 0 radical (unpaired) electrons. The first kappa shape index (κ1) is 18.3. The van der Waals surface area contributed by atoms with E-state index in [9.17, 15) is 4.79 Å². The van der Waals surface area contributed by atoms with Crippen LogP contribution < -0.4 is 5.32 Å². The first-order valence-electron chi connectivity index (χ1n) is 8.88. The molecule has 2 fully saturated rings. The lowest BCUT2D eigenvalue weighted by molar-refractivity contribution is 0.0593. The van der Waals surface area contributed by atoms with Crippen LogP contribution in [0.1, 0.15) is 53.5 Å². The van der Waals surface area contributed by atoms with Crippen LogP contribution in [0.15, 0.2) is 30.3 Å². The van der Waals surface area contributed by atoms with E-state index in [1.54, 1.807) is 0 Å². The number of ether oxygens (including phenoxy) is 1. The molecule has 0 atom stereocenters. The summed E-state index contributed by atoms with van der Waals surface area (Å²) in [5.41, 5.74) is 0.970. The third-order valence-corrected chi connectivity index (χ3v) is 5.42. The van der Waals surface area contributed by atoms with Crippen LogP contribution in [0.2, 0.25) is 10.0 Å². The van der Waals surface area contributed by atoms with Gasteiger partial charge in [0.05, 0.1) is 12.6 Å². The Kier molecular flexibility index (Phi) is 4.82. The molecular formula is C20H19Cl2N3O2. The molecule has 2 aromatic rings. The molecule has 2 aliphatic rings. The Morgan fingerprint density at radius 1 is 1.22 bits per heavy atom. The minimum Gasteiger partial charge on any atom is -0.464 e. The molecule has 0 bridgehead atoms. The third kappa shape index (κ3) is 4.09. The smallest absolute Gasteiger partial charge is 0.358 e. The Hall–Kier alpha value is -2.11. The Bertz CT molecular complexity index is 904. The quantitative estimate of drug-likeness (QED) is 0.679. The van der Waals surface area contributed by atoms with Crippen molar-refractivity contribution < 1.29 is 9.53 Å². The fourth-order valence-electron chi connectivity index (χ4n) is 2.84. The molecular weight excluding hydrogens is 385 g/mol. The van der Waals surface area contributed by atoms with Crippen molar-refractivity contribution in [3.63, 3.8) is 0 Å². The van der Waals surface area contributed by atoms with Gasteiger partial charge in [-0.05, 0) is 43.4 Å². The van der Waals surface area contributed by atoms with Crippen molar-refractivity contribution in [1.29, 1.82) is 0 Å². The first-order valence-corrected chi connectivity index (χ1v) is 9.64. The van der Waals surface area contributed by atoms with E-state index in [4.69, 9.17) is 27.9 Å².